The molecule has 1 atom stereocenters. The molecule has 0 radical (unpaired) electrons. The molecule has 1 amide bonds. The number of thioether (sulfide) groups is 1. The number of hydrogen-bond acceptors (Lipinski definition) is 3. The van der Waals surface area contributed by atoms with Gasteiger partial charge in [-0.15, -0.1) is 11.8 Å². The molecule has 0 bridgehead atoms. The van der Waals surface area contributed by atoms with Crippen LogP contribution in [0.15, 0.2) is 29.2 Å². The van der Waals surface area contributed by atoms with Gasteiger partial charge >= 0.3 is 5.97 Å². The number of carboxylic acids is 1. The van der Waals surface area contributed by atoms with Crippen molar-refractivity contribution in [3.05, 3.63) is 29.8 Å². The van der Waals surface area contributed by atoms with Crippen molar-refractivity contribution in [1.82, 2.24) is 5.32 Å². The third-order valence-corrected chi connectivity index (χ3v) is 3.71. The van der Waals surface area contributed by atoms with Crippen LogP contribution in [0.5, 0.6) is 0 Å². The second-order valence-corrected chi connectivity index (χ2v) is 5.45. The van der Waals surface area contributed by atoms with Crippen LogP contribution in [0.1, 0.15) is 37.0 Å². The molecule has 0 aliphatic heterocycles. The zero-order valence-electron chi connectivity index (χ0n) is 11.4. The average Bonchev–Trinajstić information content (AvgIpc) is 2.38. The molecule has 19 heavy (non-hydrogen) atoms. The summed E-state index contributed by atoms with van der Waals surface area (Å²) in [4.78, 5) is 24.4. The van der Waals surface area contributed by atoms with Gasteiger partial charge in [0.2, 0.25) is 0 Å². The topological polar surface area (TPSA) is 66.4 Å². The van der Waals surface area contributed by atoms with Crippen molar-refractivity contribution in [2.24, 2.45) is 0 Å². The Morgan fingerprint density at radius 1 is 1.32 bits per heavy atom. The van der Waals surface area contributed by atoms with Crippen LogP contribution in [-0.4, -0.2) is 28.8 Å². The van der Waals surface area contributed by atoms with E-state index >= 15 is 0 Å². The van der Waals surface area contributed by atoms with E-state index in [2.05, 4.69) is 5.32 Å². The van der Waals surface area contributed by atoms with Gasteiger partial charge in [-0.25, -0.2) is 4.79 Å². The standard InChI is InChI=1S/C14H19NO3S/c1-4-9-14(2,13(17)18)15-12(16)10-5-7-11(19-3)8-6-10/h5-8H,4,9H2,1-3H3,(H,15,16)(H,17,18). The Kier molecular flexibility index (Phi) is 5.42. The average molecular weight is 281 g/mol. The lowest BCUT2D eigenvalue weighted by atomic mass is 9.96. The highest BCUT2D eigenvalue weighted by atomic mass is 32.2. The van der Waals surface area contributed by atoms with Gasteiger partial charge in [0.1, 0.15) is 5.54 Å². The Labute approximate surface area is 117 Å². The molecule has 5 heteroatoms. The minimum atomic E-state index is -1.22. The lowest BCUT2D eigenvalue weighted by molar-refractivity contribution is -0.144. The molecule has 0 aliphatic carbocycles. The summed E-state index contributed by atoms with van der Waals surface area (Å²) in [5.41, 5.74) is -0.745. The van der Waals surface area contributed by atoms with Gasteiger partial charge in [0.25, 0.3) is 5.91 Å². The van der Waals surface area contributed by atoms with Crippen LogP contribution in [0.2, 0.25) is 0 Å². The fourth-order valence-electron chi connectivity index (χ4n) is 1.79. The molecule has 1 rings (SSSR count). The fourth-order valence-corrected chi connectivity index (χ4v) is 2.20. The van der Waals surface area contributed by atoms with Gasteiger partial charge in [-0.3, -0.25) is 4.79 Å². The highest BCUT2D eigenvalue weighted by Crippen LogP contribution is 2.17. The summed E-state index contributed by atoms with van der Waals surface area (Å²) in [5.74, 6) is -1.37. The SMILES string of the molecule is CCCC(C)(NC(=O)c1ccc(SC)cc1)C(=O)O. The summed E-state index contributed by atoms with van der Waals surface area (Å²) in [5, 5.41) is 11.8. The summed E-state index contributed by atoms with van der Waals surface area (Å²) in [6.45, 7) is 3.42. The summed E-state index contributed by atoms with van der Waals surface area (Å²) >= 11 is 1.59. The lowest BCUT2D eigenvalue weighted by Crippen LogP contribution is -2.52. The zero-order chi connectivity index (χ0) is 14.5. The smallest absolute Gasteiger partial charge is 0.329 e. The molecule has 0 fully saturated rings. The molecular formula is C14H19NO3S. The number of carbonyl (C=O) groups excluding carboxylic acids is 1. The first-order valence-electron chi connectivity index (χ1n) is 6.13. The Bertz CT molecular complexity index is 458. The van der Waals surface area contributed by atoms with Gasteiger partial charge in [-0.2, -0.15) is 0 Å². The number of amides is 1. The van der Waals surface area contributed by atoms with Crippen LogP contribution >= 0.6 is 11.8 Å². The molecule has 2 N–H and O–H groups in total. The van der Waals surface area contributed by atoms with Crippen molar-refractivity contribution in [2.75, 3.05) is 6.26 Å². The normalized spacial score (nSPS) is 13.6. The zero-order valence-corrected chi connectivity index (χ0v) is 12.2. The second kappa shape index (κ2) is 6.61. The van der Waals surface area contributed by atoms with Crippen molar-refractivity contribution < 1.29 is 14.7 Å². The number of carboxylic acid groups (broad SMARTS) is 1. The molecule has 0 heterocycles. The quantitative estimate of drug-likeness (QED) is 0.787. The number of benzene rings is 1. The lowest BCUT2D eigenvalue weighted by Gasteiger charge is -2.25. The number of aliphatic carboxylic acids is 1. The van der Waals surface area contributed by atoms with Crippen LogP contribution in [0, 0.1) is 0 Å². The maximum atomic E-state index is 12.1. The van der Waals surface area contributed by atoms with E-state index in [1.807, 2.05) is 25.3 Å². The van der Waals surface area contributed by atoms with Gasteiger partial charge in [0.15, 0.2) is 0 Å². The molecule has 1 aromatic rings. The Balaban J connectivity index is 2.84. The maximum absolute atomic E-state index is 12.1. The van der Waals surface area contributed by atoms with Crippen molar-refractivity contribution in [3.8, 4) is 0 Å². The van der Waals surface area contributed by atoms with Crippen LogP contribution in [0.25, 0.3) is 0 Å². The number of rotatable bonds is 6. The van der Waals surface area contributed by atoms with Crippen LogP contribution in [0.3, 0.4) is 0 Å². The first-order chi connectivity index (χ1) is 8.92. The molecule has 0 aromatic heterocycles. The van der Waals surface area contributed by atoms with Crippen LogP contribution in [-0.2, 0) is 4.79 Å². The highest BCUT2D eigenvalue weighted by Gasteiger charge is 2.33. The van der Waals surface area contributed by atoms with E-state index in [1.165, 1.54) is 6.92 Å². The van der Waals surface area contributed by atoms with E-state index in [1.54, 1.807) is 23.9 Å². The summed E-state index contributed by atoms with van der Waals surface area (Å²) < 4.78 is 0. The van der Waals surface area contributed by atoms with Crippen LogP contribution in [0.4, 0.5) is 0 Å². The molecule has 104 valence electrons. The molecular weight excluding hydrogens is 262 g/mol. The van der Waals surface area contributed by atoms with Crippen molar-refractivity contribution in [2.45, 2.75) is 37.1 Å². The Morgan fingerprint density at radius 3 is 2.32 bits per heavy atom. The minimum Gasteiger partial charge on any atom is -0.480 e. The number of nitrogens with one attached hydrogen (secondary N) is 1. The molecule has 0 aliphatic rings. The molecule has 0 saturated carbocycles. The van der Waals surface area contributed by atoms with Crippen LogP contribution < -0.4 is 5.32 Å². The summed E-state index contributed by atoms with van der Waals surface area (Å²) in [6, 6.07) is 7.10. The van der Waals surface area contributed by atoms with Gasteiger partial charge < -0.3 is 10.4 Å². The first kappa shape index (κ1) is 15.6. The Morgan fingerprint density at radius 2 is 1.89 bits per heavy atom. The second-order valence-electron chi connectivity index (χ2n) is 4.57. The minimum absolute atomic E-state index is 0.356. The van der Waals surface area contributed by atoms with Crippen molar-refractivity contribution >= 4 is 23.6 Å². The van der Waals surface area contributed by atoms with Crippen molar-refractivity contribution in [1.29, 1.82) is 0 Å². The third kappa shape index (κ3) is 3.99. The van der Waals surface area contributed by atoms with Gasteiger partial charge in [-0.05, 0) is 43.9 Å². The van der Waals surface area contributed by atoms with Crippen molar-refractivity contribution in [3.63, 3.8) is 0 Å². The fraction of sp³-hybridized carbons (Fsp3) is 0.429. The number of hydrogen-bond donors (Lipinski definition) is 2. The van der Waals surface area contributed by atoms with E-state index in [4.69, 9.17) is 0 Å². The molecule has 4 nitrogen and oxygen atoms in total. The number of carbonyl (C=O) groups is 2. The van der Waals surface area contributed by atoms with E-state index in [-0.39, 0.29) is 5.91 Å². The highest BCUT2D eigenvalue weighted by molar-refractivity contribution is 7.98. The molecule has 0 spiro atoms. The van der Waals surface area contributed by atoms with E-state index in [0.717, 1.165) is 4.90 Å². The third-order valence-electron chi connectivity index (χ3n) is 2.96. The largest absolute Gasteiger partial charge is 0.480 e. The van der Waals surface area contributed by atoms with E-state index in [0.29, 0.717) is 18.4 Å². The summed E-state index contributed by atoms with van der Waals surface area (Å²) in [7, 11) is 0. The monoisotopic (exact) mass is 281 g/mol. The molecule has 1 aromatic carbocycles. The predicted molar refractivity (Wildman–Crippen MR) is 76.6 cm³/mol. The van der Waals surface area contributed by atoms with Gasteiger partial charge in [0.05, 0.1) is 0 Å². The van der Waals surface area contributed by atoms with Gasteiger partial charge in [0, 0.05) is 10.5 Å². The molecule has 1 unspecified atom stereocenters. The predicted octanol–water partition coefficient (Wildman–Crippen LogP) is 2.78. The van der Waals surface area contributed by atoms with E-state index < -0.39 is 11.5 Å². The molecule has 0 saturated heterocycles. The van der Waals surface area contributed by atoms with Gasteiger partial charge in [-0.1, -0.05) is 13.3 Å². The summed E-state index contributed by atoms with van der Waals surface area (Å²) in [6.07, 6.45) is 3.04. The van der Waals surface area contributed by atoms with E-state index in [9.17, 15) is 14.7 Å². The first-order valence-corrected chi connectivity index (χ1v) is 7.35. The maximum Gasteiger partial charge on any atom is 0.329 e. The Hall–Kier alpha value is -1.49.